The number of likely N-dealkylation sites (tertiary alicyclic amines) is 1. The van der Waals surface area contributed by atoms with E-state index in [2.05, 4.69) is 4.90 Å². The third-order valence-corrected chi connectivity index (χ3v) is 12.0. The minimum Gasteiger partial charge on any atom is -0.485 e. The Morgan fingerprint density at radius 1 is 0.871 bits per heavy atom. The zero-order valence-electron chi connectivity index (χ0n) is 36.6. The topological polar surface area (TPSA) is 105 Å². The molecule has 3 fully saturated rings. The van der Waals surface area contributed by atoms with Crippen molar-refractivity contribution in [1.82, 2.24) is 19.7 Å². The van der Waals surface area contributed by atoms with Gasteiger partial charge in [-0.15, -0.1) is 0 Å². The lowest BCUT2D eigenvalue weighted by molar-refractivity contribution is -0.139. The molecule has 0 radical (unpaired) electrons. The average molecular weight is 921 g/mol. The number of amides is 3. The number of alkyl halides is 2. The second-order valence-corrected chi connectivity index (χ2v) is 19.8. The SMILES string of the molecule is Cc1cc(Cl)c(O[C@@H]2CCN(c3ccc([C@@H]4CCN(C(=O)OC(C)(C)C)C[C@H]4C(=O)N(Cc4cc(CCN(CC(F)F)C(=O)OC(C)(C)C)ccc4Cl)C4CC4)cn3)C2)c(Cl)c1. The lowest BCUT2D eigenvalue weighted by Gasteiger charge is -2.40. The Morgan fingerprint density at radius 2 is 1.56 bits per heavy atom. The molecule has 0 N–H and O–H groups in total. The molecule has 338 valence electrons. The number of anilines is 1. The lowest BCUT2D eigenvalue weighted by atomic mass is 9.80. The lowest BCUT2D eigenvalue weighted by Crippen LogP contribution is -2.51. The van der Waals surface area contributed by atoms with Gasteiger partial charge in [0.25, 0.3) is 6.43 Å². The van der Waals surface area contributed by atoms with Crippen molar-refractivity contribution >= 4 is 58.7 Å². The fourth-order valence-corrected chi connectivity index (χ4v) is 8.85. The van der Waals surface area contributed by atoms with Crippen LogP contribution in [0.1, 0.15) is 95.4 Å². The minimum atomic E-state index is -2.73. The van der Waals surface area contributed by atoms with Crippen molar-refractivity contribution in [2.75, 3.05) is 44.2 Å². The highest BCUT2D eigenvalue weighted by molar-refractivity contribution is 6.37. The Balaban J connectivity index is 1.19. The van der Waals surface area contributed by atoms with E-state index in [0.717, 1.165) is 53.2 Å². The summed E-state index contributed by atoms with van der Waals surface area (Å²) in [6, 6.07) is 13.0. The first-order chi connectivity index (χ1) is 29.1. The fraction of sp³-hybridized carbons (Fsp3) is 0.565. The van der Waals surface area contributed by atoms with Crippen LogP contribution in [0.2, 0.25) is 15.1 Å². The Hall–Kier alpha value is -4.07. The molecule has 1 saturated carbocycles. The summed E-state index contributed by atoms with van der Waals surface area (Å²) >= 11 is 19.7. The number of pyridine rings is 1. The molecular formula is C46H58Cl3F2N5O6. The molecule has 0 spiro atoms. The van der Waals surface area contributed by atoms with E-state index >= 15 is 0 Å². The van der Waals surface area contributed by atoms with E-state index in [1.165, 1.54) is 0 Å². The zero-order valence-corrected chi connectivity index (χ0v) is 38.8. The number of benzene rings is 2. The molecule has 2 saturated heterocycles. The summed E-state index contributed by atoms with van der Waals surface area (Å²) in [7, 11) is 0. The number of carbonyl (C=O) groups is 3. The van der Waals surface area contributed by atoms with Crippen molar-refractivity contribution < 1.29 is 37.4 Å². The van der Waals surface area contributed by atoms with Gasteiger partial charge in [0, 0.05) is 62.3 Å². The highest BCUT2D eigenvalue weighted by Crippen LogP contribution is 2.40. The predicted octanol–water partition coefficient (Wildman–Crippen LogP) is 10.6. The van der Waals surface area contributed by atoms with Gasteiger partial charge in [-0.05, 0) is 121 Å². The highest BCUT2D eigenvalue weighted by atomic mass is 35.5. The standard InChI is InChI=1S/C46H58Cl3F2N5O6/c1-28-20-37(48)41(38(49)21-28)60-33-15-18-53(25-33)40-13-9-30(23-52-40)34-16-19-54(43(58)61-45(2,3)4)26-35(34)42(57)56(32-10-11-32)24-31-22-29(8-12-36(31)47)14-17-55(27-39(50)51)44(59)62-46(5,6)7/h8-9,12-13,20-23,32-35,39H,10-11,14-19,24-27H2,1-7H3/t33-,34+,35-/m1/s1. The van der Waals surface area contributed by atoms with Crippen molar-refractivity contribution in [2.24, 2.45) is 5.92 Å². The second-order valence-electron chi connectivity index (χ2n) is 18.6. The zero-order chi connectivity index (χ0) is 45.1. The molecule has 2 aromatic carbocycles. The minimum absolute atomic E-state index is 0.00592. The van der Waals surface area contributed by atoms with Gasteiger partial charge in [-0.3, -0.25) is 4.79 Å². The molecule has 3 amide bonds. The number of aromatic nitrogens is 1. The molecule has 0 bridgehead atoms. The Labute approximate surface area is 378 Å². The monoisotopic (exact) mass is 919 g/mol. The van der Waals surface area contributed by atoms with E-state index in [1.807, 2.05) is 69.1 Å². The van der Waals surface area contributed by atoms with Crippen LogP contribution in [0.15, 0.2) is 48.7 Å². The number of rotatable bonds is 13. The van der Waals surface area contributed by atoms with Crippen LogP contribution in [0.5, 0.6) is 5.75 Å². The molecule has 3 atom stereocenters. The van der Waals surface area contributed by atoms with Gasteiger partial charge in [0.15, 0.2) is 5.75 Å². The van der Waals surface area contributed by atoms with E-state index < -0.39 is 42.3 Å². The number of ether oxygens (including phenoxy) is 3. The van der Waals surface area contributed by atoms with Crippen molar-refractivity contribution in [2.45, 2.75) is 123 Å². The van der Waals surface area contributed by atoms with Gasteiger partial charge >= 0.3 is 12.2 Å². The second kappa shape index (κ2) is 19.8. The highest BCUT2D eigenvalue weighted by Gasteiger charge is 2.44. The van der Waals surface area contributed by atoms with Crippen LogP contribution in [0.25, 0.3) is 0 Å². The third kappa shape index (κ3) is 12.8. The number of hydrogen-bond donors (Lipinski definition) is 0. The Bertz CT molecular complexity index is 2050. The van der Waals surface area contributed by atoms with E-state index in [4.69, 9.17) is 54.0 Å². The average Bonchev–Trinajstić information content (AvgIpc) is 3.92. The van der Waals surface area contributed by atoms with Crippen LogP contribution in [-0.4, -0.2) is 107 Å². The molecule has 6 rings (SSSR count). The fourth-order valence-electron chi connectivity index (χ4n) is 7.98. The molecule has 16 heteroatoms. The normalized spacial score (nSPS) is 19.4. The number of halogens is 5. The largest absolute Gasteiger partial charge is 0.485 e. The molecule has 1 aliphatic carbocycles. The summed E-state index contributed by atoms with van der Waals surface area (Å²) in [5, 5.41) is 1.41. The number of hydrogen-bond acceptors (Lipinski definition) is 8. The summed E-state index contributed by atoms with van der Waals surface area (Å²) in [6.45, 7) is 13.8. The molecule has 3 aromatic rings. The number of piperidine rings is 1. The maximum atomic E-state index is 15.0. The molecule has 11 nitrogen and oxygen atoms in total. The first-order valence-corrected chi connectivity index (χ1v) is 22.4. The predicted molar refractivity (Wildman–Crippen MR) is 238 cm³/mol. The molecule has 1 aromatic heterocycles. The summed E-state index contributed by atoms with van der Waals surface area (Å²) in [6.07, 6.45) is 0.904. The van der Waals surface area contributed by atoms with Crippen molar-refractivity contribution in [3.63, 3.8) is 0 Å². The van der Waals surface area contributed by atoms with Gasteiger partial charge in [-0.1, -0.05) is 53.0 Å². The van der Waals surface area contributed by atoms with Gasteiger partial charge in [0.05, 0.1) is 29.1 Å². The molecule has 2 aliphatic heterocycles. The van der Waals surface area contributed by atoms with Crippen molar-refractivity contribution in [1.29, 1.82) is 0 Å². The van der Waals surface area contributed by atoms with Crippen LogP contribution in [0.4, 0.5) is 24.2 Å². The Morgan fingerprint density at radius 3 is 2.18 bits per heavy atom. The molecule has 3 heterocycles. The quantitative estimate of drug-likeness (QED) is 0.167. The smallest absolute Gasteiger partial charge is 0.410 e. The third-order valence-electron chi connectivity index (χ3n) is 11.1. The maximum Gasteiger partial charge on any atom is 0.410 e. The summed E-state index contributed by atoms with van der Waals surface area (Å²) in [5.41, 5.74) is 1.77. The van der Waals surface area contributed by atoms with Crippen LogP contribution >= 0.6 is 34.8 Å². The summed E-state index contributed by atoms with van der Waals surface area (Å²) < 4.78 is 44.4. The van der Waals surface area contributed by atoms with E-state index in [-0.39, 0.29) is 50.0 Å². The van der Waals surface area contributed by atoms with Gasteiger partial charge in [-0.2, -0.15) is 0 Å². The molecule has 0 unspecified atom stereocenters. The first kappa shape index (κ1) is 47.4. The van der Waals surface area contributed by atoms with Crippen LogP contribution < -0.4 is 9.64 Å². The van der Waals surface area contributed by atoms with Crippen molar-refractivity contribution in [3.8, 4) is 5.75 Å². The van der Waals surface area contributed by atoms with E-state index in [9.17, 15) is 23.2 Å². The van der Waals surface area contributed by atoms with Crippen LogP contribution in [0.3, 0.4) is 0 Å². The Kier molecular flexibility index (Phi) is 15.1. The van der Waals surface area contributed by atoms with E-state index in [1.54, 1.807) is 37.8 Å². The van der Waals surface area contributed by atoms with E-state index in [0.29, 0.717) is 45.9 Å². The van der Waals surface area contributed by atoms with Gasteiger partial charge in [-0.25, -0.2) is 23.4 Å². The number of aryl methyl sites for hydroxylation is 1. The van der Waals surface area contributed by atoms with Crippen LogP contribution in [0, 0.1) is 12.8 Å². The summed E-state index contributed by atoms with van der Waals surface area (Å²) in [4.78, 5) is 52.7. The molecule has 3 aliphatic rings. The van der Waals surface area contributed by atoms with Crippen molar-refractivity contribution in [3.05, 3.63) is 86.0 Å². The molecule has 62 heavy (non-hydrogen) atoms. The van der Waals surface area contributed by atoms with Gasteiger partial charge in [0.1, 0.15) is 23.1 Å². The number of carbonyl (C=O) groups excluding carboxylic acids is 3. The molecular weight excluding hydrogens is 863 g/mol. The van der Waals surface area contributed by atoms with Gasteiger partial charge < -0.3 is 33.8 Å². The first-order valence-electron chi connectivity index (χ1n) is 21.3. The number of nitrogens with zero attached hydrogens (tertiary/aromatic N) is 5. The summed E-state index contributed by atoms with van der Waals surface area (Å²) in [5.74, 6) is 0.327. The van der Waals surface area contributed by atoms with Crippen LogP contribution in [-0.2, 0) is 27.2 Å². The maximum absolute atomic E-state index is 15.0. The van der Waals surface area contributed by atoms with Gasteiger partial charge in [0.2, 0.25) is 5.91 Å².